The topological polar surface area (TPSA) is 57.6 Å². The molecule has 6 heteroatoms. The van der Waals surface area contributed by atoms with Crippen molar-refractivity contribution in [3.8, 4) is 0 Å². The van der Waals surface area contributed by atoms with E-state index in [1.807, 2.05) is 0 Å². The predicted molar refractivity (Wildman–Crippen MR) is 52.2 cm³/mol. The lowest BCUT2D eigenvalue weighted by atomic mass is 10.0. The number of likely N-dealkylation sites (tertiary alicyclic amines) is 1. The van der Waals surface area contributed by atoms with Gasteiger partial charge in [0, 0.05) is 19.4 Å². The molecular formula is C10H15F2NO3. The van der Waals surface area contributed by atoms with E-state index in [4.69, 9.17) is 5.11 Å². The van der Waals surface area contributed by atoms with Crippen molar-refractivity contribution in [2.45, 2.75) is 32.1 Å². The molecule has 1 saturated heterocycles. The molecule has 0 aromatic carbocycles. The zero-order valence-electron chi connectivity index (χ0n) is 9.08. The third-order valence-corrected chi connectivity index (χ3v) is 2.65. The van der Waals surface area contributed by atoms with Crippen LogP contribution in [-0.4, -0.2) is 40.9 Å². The largest absolute Gasteiger partial charge is 0.481 e. The summed E-state index contributed by atoms with van der Waals surface area (Å²) in [5, 5.41) is 8.61. The monoisotopic (exact) mass is 235 g/mol. The summed E-state index contributed by atoms with van der Waals surface area (Å²) in [7, 11) is 0. The first kappa shape index (κ1) is 12.9. The fourth-order valence-corrected chi connectivity index (χ4v) is 1.66. The normalized spacial score (nSPS) is 21.6. The Kier molecular flexibility index (Phi) is 3.83. The molecule has 0 bridgehead atoms. The van der Waals surface area contributed by atoms with Crippen molar-refractivity contribution in [1.29, 1.82) is 0 Å². The summed E-state index contributed by atoms with van der Waals surface area (Å²) in [6.45, 7) is 1.10. The Morgan fingerprint density at radius 1 is 1.50 bits per heavy atom. The first-order chi connectivity index (χ1) is 7.32. The van der Waals surface area contributed by atoms with Crippen LogP contribution in [0.4, 0.5) is 8.78 Å². The van der Waals surface area contributed by atoms with Crippen LogP contribution in [0.3, 0.4) is 0 Å². The number of halogens is 2. The second-order valence-electron chi connectivity index (χ2n) is 4.22. The smallest absolute Gasteiger partial charge is 0.306 e. The van der Waals surface area contributed by atoms with E-state index in [1.165, 1.54) is 6.92 Å². The molecule has 1 aliphatic heterocycles. The van der Waals surface area contributed by atoms with Crippen LogP contribution in [0.2, 0.25) is 0 Å². The van der Waals surface area contributed by atoms with Gasteiger partial charge in [0.05, 0.1) is 12.5 Å². The minimum absolute atomic E-state index is 0.203. The van der Waals surface area contributed by atoms with Crippen LogP contribution in [-0.2, 0) is 9.59 Å². The number of hydrogen-bond donors (Lipinski definition) is 1. The van der Waals surface area contributed by atoms with Crippen LogP contribution in [0.1, 0.15) is 26.2 Å². The molecule has 0 saturated carbocycles. The van der Waals surface area contributed by atoms with Gasteiger partial charge in [-0.1, -0.05) is 6.92 Å². The molecule has 1 N–H and O–H groups in total. The van der Waals surface area contributed by atoms with Gasteiger partial charge < -0.3 is 10.0 Å². The highest BCUT2D eigenvalue weighted by Gasteiger charge is 2.37. The van der Waals surface area contributed by atoms with E-state index in [0.29, 0.717) is 6.54 Å². The quantitative estimate of drug-likeness (QED) is 0.803. The van der Waals surface area contributed by atoms with Crippen LogP contribution < -0.4 is 0 Å². The summed E-state index contributed by atoms with van der Waals surface area (Å²) in [5.74, 6) is -5.25. The Balaban J connectivity index is 2.51. The van der Waals surface area contributed by atoms with Gasteiger partial charge in [-0.05, 0) is 6.42 Å². The molecule has 1 atom stereocenters. The molecule has 1 fully saturated rings. The van der Waals surface area contributed by atoms with Gasteiger partial charge in [-0.15, -0.1) is 0 Å². The van der Waals surface area contributed by atoms with Crippen molar-refractivity contribution in [3.63, 3.8) is 0 Å². The van der Waals surface area contributed by atoms with E-state index in [2.05, 4.69) is 0 Å². The number of carboxylic acid groups (broad SMARTS) is 1. The number of carboxylic acids is 1. The fraction of sp³-hybridized carbons (Fsp3) is 0.800. The maximum absolute atomic E-state index is 13.0. The number of rotatable bonds is 3. The van der Waals surface area contributed by atoms with E-state index in [-0.39, 0.29) is 19.3 Å². The van der Waals surface area contributed by atoms with Crippen molar-refractivity contribution in [3.05, 3.63) is 0 Å². The van der Waals surface area contributed by atoms with Gasteiger partial charge >= 0.3 is 5.97 Å². The van der Waals surface area contributed by atoms with Crippen molar-refractivity contribution >= 4 is 11.9 Å². The predicted octanol–water partition coefficient (Wildman–Crippen LogP) is 1.35. The maximum atomic E-state index is 13.0. The van der Waals surface area contributed by atoms with Gasteiger partial charge in [0.2, 0.25) is 5.91 Å². The lowest BCUT2D eigenvalue weighted by Crippen LogP contribution is -2.46. The van der Waals surface area contributed by atoms with Crippen LogP contribution >= 0.6 is 0 Å². The minimum Gasteiger partial charge on any atom is -0.481 e. The van der Waals surface area contributed by atoms with E-state index in [0.717, 1.165) is 4.90 Å². The molecule has 1 unspecified atom stereocenters. The van der Waals surface area contributed by atoms with Gasteiger partial charge in [0.25, 0.3) is 5.92 Å². The molecular weight excluding hydrogens is 220 g/mol. The number of carbonyl (C=O) groups is 2. The van der Waals surface area contributed by atoms with Gasteiger partial charge in [-0.3, -0.25) is 9.59 Å². The summed E-state index contributed by atoms with van der Waals surface area (Å²) >= 11 is 0. The maximum Gasteiger partial charge on any atom is 0.306 e. The highest BCUT2D eigenvalue weighted by atomic mass is 19.3. The van der Waals surface area contributed by atoms with E-state index >= 15 is 0 Å². The van der Waals surface area contributed by atoms with Gasteiger partial charge in [-0.25, -0.2) is 8.78 Å². The molecule has 0 spiro atoms. The summed E-state index contributed by atoms with van der Waals surface area (Å²) in [6, 6.07) is 0. The standard InChI is InChI=1S/C10H15F2NO3/c1-7(9(15)16)5-8(14)13-4-2-3-10(11,12)6-13/h7H,2-6H2,1H3,(H,15,16). The van der Waals surface area contributed by atoms with Crippen LogP contribution in [0.5, 0.6) is 0 Å². The first-order valence-corrected chi connectivity index (χ1v) is 5.20. The Bertz CT molecular complexity index is 294. The summed E-state index contributed by atoms with van der Waals surface area (Å²) in [6.07, 6.45) is -0.156. The second kappa shape index (κ2) is 4.76. The zero-order valence-corrected chi connectivity index (χ0v) is 9.08. The number of carbonyl (C=O) groups excluding carboxylic acids is 1. The SMILES string of the molecule is CC(CC(=O)N1CCCC(F)(F)C1)C(=O)O. The molecule has 1 amide bonds. The molecule has 1 rings (SSSR count). The molecule has 0 radical (unpaired) electrons. The minimum atomic E-state index is -2.83. The average molecular weight is 235 g/mol. The second-order valence-corrected chi connectivity index (χ2v) is 4.22. The van der Waals surface area contributed by atoms with Crippen LogP contribution in [0, 0.1) is 5.92 Å². The molecule has 0 aromatic rings. The molecule has 1 aliphatic rings. The lowest BCUT2D eigenvalue weighted by molar-refractivity contribution is -0.149. The molecule has 0 aromatic heterocycles. The van der Waals surface area contributed by atoms with Crippen molar-refractivity contribution in [2.24, 2.45) is 5.92 Å². The van der Waals surface area contributed by atoms with Gasteiger partial charge in [0.1, 0.15) is 0 Å². The number of hydrogen-bond acceptors (Lipinski definition) is 2. The van der Waals surface area contributed by atoms with Crippen molar-refractivity contribution in [2.75, 3.05) is 13.1 Å². The molecule has 1 heterocycles. The summed E-state index contributed by atoms with van der Waals surface area (Å²) in [4.78, 5) is 23.1. The number of alkyl halides is 2. The average Bonchev–Trinajstić information content (AvgIpc) is 2.15. The Morgan fingerprint density at radius 3 is 2.62 bits per heavy atom. The van der Waals surface area contributed by atoms with Crippen molar-refractivity contribution < 1.29 is 23.5 Å². The summed E-state index contributed by atoms with van der Waals surface area (Å²) in [5.41, 5.74) is 0. The fourth-order valence-electron chi connectivity index (χ4n) is 1.66. The van der Waals surface area contributed by atoms with Crippen LogP contribution in [0.25, 0.3) is 0 Å². The van der Waals surface area contributed by atoms with E-state index in [9.17, 15) is 18.4 Å². The van der Waals surface area contributed by atoms with Gasteiger partial charge in [0.15, 0.2) is 0 Å². The lowest BCUT2D eigenvalue weighted by Gasteiger charge is -2.32. The molecule has 4 nitrogen and oxygen atoms in total. The van der Waals surface area contributed by atoms with Gasteiger partial charge in [-0.2, -0.15) is 0 Å². The molecule has 0 aliphatic carbocycles. The molecule has 92 valence electrons. The number of piperidine rings is 1. The van der Waals surface area contributed by atoms with Crippen LogP contribution in [0.15, 0.2) is 0 Å². The highest BCUT2D eigenvalue weighted by molar-refractivity contribution is 5.82. The third kappa shape index (κ3) is 3.43. The highest BCUT2D eigenvalue weighted by Crippen LogP contribution is 2.27. The first-order valence-electron chi connectivity index (χ1n) is 5.20. The molecule has 16 heavy (non-hydrogen) atoms. The number of nitrogens with zero attached hydrogens (tertiary/aromatic N) is 1. The van der Waals surface area contributed by atoms with Crippen molar-refractivity contribution in [1.82, 2.24) is 4.90 Å². The van der Waals surface area contributed by atoms with E-state index < -0.39 is 30.3 Å². The zero-order chi connectivity index (χ0) is 12.3. The summed E-state index contributed by atoms with van der Waals surface area (Å²) < 4.78 is 26.0. The number of amides is 1. The van der Waals surface area contributed by atoms with E-state index in [1.54, 1.807) is 0 Å². The Hall–Kier alpha value is -1.20. The number of aliphatic carboxylic acids is 1. The Morgan fingerprint density at radius 2 is 2.12 bits per heavy atom. The third-order valence-electron chi connectivity index (χ3n) is 2.65. The Labute approximate surface area is 92.2 Å².